The standard InChI is InChI=1S/C72H137O11P/c1-4-7-10-13-16-19-22-25-28-31-34-37-40-43-46-49-52-55-58-61-70(74)79-65-69(83-72(76)63-60-57-54-51-48-45-42-39-36-33-30-27-24-21-18-15-12-9-6-3)67-81-84(77,78)80-66-68(64-73)82-71(75)62-59-56-53-50-47-44-41-38-35-32-29-26-23-20-17-14-11-8-5-2/h26-27,29-30,68-69,73H,4-25,28,31-67H2,1-3H3,(H,77,78)/b29-26-,30-27-. The lowest BCUT2D eigenvalue weighted by Gasteiger charge is -2.21. The predicted octanol–water partition coefficient (Wildman–Crippen LogP) is 22.5. The molecule has 0 aliphatic heterocycles. The number of aliphatic hydroxyl groups excluding tert-OH is 1. The minimum atomic E-state index is -4.75. The predicted molar refractivity (Wildman–Crippen MR) is 353 cm³/mol. The average Bonchev–Trinajstić information content (AvgIpc) is 3.54. The van der Waals surface area contributed by atoms with Gasteiger partial charge in [0.15, 0.2) is 6.10 Å². The monoisotopic (exact) mass is 1210 g/mol. The topological polar surface area (TPSA) is 155 Å². The van der Waals surface area contributed by atoms with Gasteiger partial charge in [0.25, 0.3) is 0 Å². The molecule has 3 atom stereocenters. The molecule has 0 aromatic carbocycles. The van der Waals surface area contributed by atoms with E-state index < -0.39 is 57.8 Å². The van der Waals surface area contributed by atoms with E-state index in [1.807, 2.05) is 0 Å². The van der Waals surface area contributed by atoms with Crippen molar-refractivity contribution in [3.05, 3.63) is 24.3 Å². The molecule has 0 aliphatic carbocycles. The number of hydrogen-bond acceptors (Lipinski definition) is 10. The Balaban J connectivity index is 4.61. The van der Waals surface area contributed by atoms with Gasteiger partial charge in [-0.2, -0.15) is 0 Å². The van der Waals surface area contributed by atoms with Crippen LogP contribution >= 0.6 is 7.82 Å². The molecule has 0 aromatic heterocycles. The third-order valence-corrected chi connectivity index (χ3v) is 17.3. The zero-order chi connectivity index (χ0) is 61.2. The summed E-state index contributed by atoms with van der Waals surface area (Å²) in [5, 5.41) is 9.89. The van der Waals surface area contributed by atoms with Crippen molar-refractivity contribution >= 4 is 25.7 Å². The summed E-state index contributed by atoms with van der Waals surface area (Å²) in [6.07, 6.45) is 72.7. The minimum Gasteiger partial charge on any atom is -0.462 e. The molecule has 3 unspecified atom stereocenters. The summed E-state index contributed by atoms with van der Waals surface area (Å²) in [4.78, 5) is 49.0. The first kappa shape index (κ1) is 82.0. The Hall–Kier alpha value is -2.04. The van der Waals surface area contributed by atoms with Crippen LogP contribution < -0.4 is 0 Å². The molecule has 0 rings (SSSR count). The molecule has 0 heterocycles. The summed E-state index contributed by atoms with van der Waals surface area (Å²) in [5.41, 5.74) is 0. The van der Waals surface area contributed by atoms with E-state index in [1.54, 1.807) is 0 Å². The first-order valence-corrected chi connectivity index (χ1v) is 37.7. The molecule has 0 spiro atoms. The maximum absolute atomic E-state index is 13.0. The molecular weight excluding hydrogens is 1070 g/mol. The maximum atomic E-state index is 13.0. The molecule has 0 radical (unpaired) electrons. The van der Waals surface area contributed by atoms with E-state index in [1.165, 1.54) is 263 Å². The molecule has 496 valence electrons. The number of ether oxygens (including phenoxy) is 3. The van der Waals surface area contributed by atoms with E-state index in [0.29, 0.717) is 19.3 Å². The summed E-state index contributed by atoms with van der Waals surface area (Å²) < 4.78 is 39.9. The van der Waals surface area contributed by atoms with Gasteiger partial charge in [-0.05, 0) is 70.6 Å². The molecule has 0 saturated heterocycles. The summed E-state index contributed by atoms with van der Waals surface area (Å²) in [5.74, 6) is -1.43. The quantitative estimate of drug-likeness (QED) is 0.0197. The van der Waals surface area contributed by atoms with Crippen molar-refractivity contribution in [3.63, 3.8) is 0 Å². The van der Waals surface area contributed by atoms with Gasteiger partial charge in [0.1, 0.15) is 12.7 Å². The number of allylic oxidation sites excluding steroid dienone is 4. The number of unbranched alkanes of at least 4 members (excludes halogenated alkanes) is 48. The molecule has 0 saturated carbocycles. The summed E-state index contributed by atoms with van der Waals surface area (Å²) in [6.45, 7) is 4.75. The van der Waals surface area contributed by atoms with Gasteiger partial charge < -0.3 is 24.2 Å². The minimum absolute atomic E-state index is 0.171. The van der Waals surface area contributed by atoms with Crippen molar-refractivity contribution < 1.29 is 52.2 Å². The fraction of sp³-hybridized carbons (Fsp3) is 0.903. The van der Waals surface area contributed by atoms with Crippen LogP contribution in [0, 0.1) is 0 Å². The van der Waals surface area contributed by atoms with E-state index in [2.05, 4.69) is 45.1 Å². The van der Waals surface area contributed by atoms with Crippen LogP contribution in [0.3, 0.4) is 0 Å². The van der Waals surface area contributed by atoms with E-state index in [9.17, 15) is 28.9 Å². The van der Waals surface area contributed by atoms with E-state index in [0.717, 1.165) is 57.8 Å². The molecule has 0 aromatic rings. The number of carbonyl (C=O) groups excluding carboxylic acids is 3. The average molecular weight is 1210 g/mol. The number of aliphatic hydroxyl groups is 1. The molecule has 0 aliphatic rings. The van der Waals surface area contributed by atoms with E-state index >= 15 is 0 Å². The number of hydrogen-bond donors (Lipinski definition) is 2. The highest BCUT2D eigenvalue weighted by Crippen LogP contribution is 2.43. The van der Waals surface area contributed by atoms with Crippen molar-refractivity contribution in [1.82, 2.24) is 0 Å². The van der Waals surface area contributed by atoms with Gasteiger partial charge in [0, 0.05) is 19.3 Å². The molecule has 12 heteroatoms. The van der Waals surface area contributed by atoms with Gasteiger partial charge in [0.2, 0.25) is 0 Å². The highest BCUT2D eigenvalue weighted by atomic mass is 31.2. The zero-order valence-electron chi connectivity index (χ0n) is 55.4. The van der Waals surface area contributed by atoms with Crippen LogP contribution in [0.5, 0.6) is 0 Å². The molecule has 0 amide bonds. The lowest BCUT2D eigenvalue weighted by Crippen LogP contribution is -2.30. The first-order chi connectivity index (χ1) is 41.2. The summed E-state index contributed by atoms with van der Waals surface area (Å²) in [6, 6.07) is 0. The molecule has 0 fully saturated rings. The Morgan fingerprint density at radius 2 is 0.548 bits per heavy atom. The molecule has 11 nitrogen and oxygen atoms in total. The Kier molecular flexibility index (Phi) is 65.3. The Morgan fingerprint density at radius 1 is 0.321 bits per heavy atom. The van der Waals surface area contributed by atoms with Gasteiger partial charge in [-0.1, -0.05) is 315 Å². The van der Waals surface area contributed by atoms with Gasteiger partial charge in [-0.15, -0.1) is 0 Å². The van der Waals surface area contributed by atoms with Gasteiger partial charge in [-0.25, -0.2) is 4.57 Å². The molecular formula is C72H137O11P. The van der Waals surface area contributed by atoms with Crippen molar-refractivity contribution in [3.8, 4) is 0 Å². The van der Waals surface area contributed by atoms with Crippen LogP contribution in [0.1, 0.15) is 380 Å². The second-order valence-electron chi connectivity index (χ2n) is 24.8. The van der Waals surface area contributed by atoms with Crippen molar-refractivity contribution in [2.24, 2.45) is 0 Å². The lowest BCUT2D eigenvalue weighted by molar-refractivity contribution is -0.161. The highest BCUT2D eigenvalue weighted by Gasteiger charge is 2.28. The van der Waals surface area contributed by atoms with Crippen molar-refractivity contribution in [2.45, 2.75) is 393 Å². The Bertz CT molecular complexity index is 1500. The van der Waals surface area contributed by atoms with Gasteiger partial charge >= 0.3 is 25.7 Å². The number of phosphoric acid groups is 1. The van der Waals surface area contributed by atoms with Crippen LogP contribution in [0.15, 0.2) is 24.3 Å². The molecule has 2 N–H and O–H groups in total. The van der Waals surface area contributed by atoms with Gasteiger partial charge in [0.05, 0.1) is 19.8 Å². The maximum Gasteiger partial charge on any atom is 0.472 e. The summed E-state index contributed by atoms with van der Waals surface area (Å²) in [7, 11) is -4.75. The number of esters is 3. The Morgan fingerprint density at radius 3 is 0.821 bits per heavy atom. The number of phosphoric ester groups is 1. The highest BCUT2D eigenvalue weighted by molar-refractivity contribution is 7.47. The third-order valence-electron chi connectivity index (χ3n) is 16.3. The van der Waals surface area contributed by atoms with Crippen LogP contribution in [0.2, 0.25) is 0 Å². The third kappa shape index (κ3) is 64.4. The fourth-order valence-corrected chi connectivity index (χ4v) is 11.6. The van der Waals surface area contributed by atoms with Crippen LogP contribution in [-0.2, 0) is 42.2 Å². The second-order valence-corrected chi connectivity index (χ2v) is 26.2. The fourth-order valence-electron chi connectivity index (χ4n) is 10.8. The number of carbonyl (C=O) groups is 3. The zero-order valence-corrected chi connectivity index (χ0v) is 56.3. The SMILES string of the molecule is CCCCCCCC/C=C\CCCCCCCCCCCC(=O)OC(CO)COP(=O)(O)OCC(COC(=O)CCCCCCCCCCCCCCCCCCCCC)OC(=O)CCCCCCCCCCC/C=C\CCCCCCCC. The second kappa shape index (κ2) is 66.9. The molecule has 84 heavy (non-hydrogen) atoms. The van der Waals surface area contributed by atoms with Crippen LogP contribution in [-0.4, -0.2) is 66.5 Å². The summed E-state index contributed by atoms with van der Waals surface area (Å²) >= 11 is 0. The van der Waals surface area contributed by atoms with Gasteiger partial charge in [-0.3, -0.25) is 23.4 Å². The number of rotatable bonds is 69. The van der Waals surface area contributed by atoms with E-state index in [-0.39, 0.29) is 25.9 Å². The lowest BCUT2D eigenvalue weighted by atomic mass is 10.0. The van der Waals surface area contributed by atoms with Crippen LogP contribution in [0.4, 0.5) is 0 Å². The first-order valence-electron chi connectivity index (χ1n) is 36.2. The molecule has 0 bridgehead atoms. The van der Waals surface area contributed by atoms with Crippen LogP contribution in [0.25, 0.3) is 0 Å². The smallest absolute Gasteiger partial charge is 0.462 e. The van der Waals surface area contributed by atoms with Crippen molar-refractivity contribution in [1.29, 1.82) is 0 Å². The van der Waals surface area contributed by atoms with Crippen molar-refractivity contribution in [2.75, 3.05) is 26.4 Å². The normalized spacial score (nSPS) is 13.2. The largest absolute Gasteiger partial charge is 0.472 e. The van der Waals surface area contributed by atoms with E-state index in [4.69, 9.17) is 23.3 Å². The Labute approximate surface area is 518 Å².